The van der Waals surface area contributed by atoms with Gasteiger partial charge in [-0.05, 0) is 60.7 Å². The number of nitrogens with two attached hydrogens (primary N) is 1. The van der Waals surface area contributed by atoms with Crippen LogP contribution in [0.2, 0.25) is 5.02 Å². The number of hydrogen-bond acceptors (Lipinski definition) is 6. The van der Waals surface area contributed by atoms with Crippen LogP contribution >= 0.6 is 11.6 Å². The van der Waals surface area contributed by atoms with E-state index in [1.807, 2.05) is 0 Å². The molecule has 1 aromatic heterocycles. The van der Waals surface area contributed by atoms with Crippen molar-refractivity contribution in [1.82, 2.24) is 10.3 Å². The van der Waals surface area contributed by atoms with Gasteiger partial charge in [0.2, 0.25) is 0 Å². The highest BCUT2D eigenvalue weighted by Gasteiger charge is 2.34. The molecule has 0 unspecified atom stereocenters. The van der Waals surface area contributed by atoms with Crippen LogP contribution in [0.15, 0.2) is 96.0 Å². The number of primary amides is 1. The van der Waals surface area contributed by atoms with Crippen LogP contribution in [0.4, 0.5) is 29.3 Å². The van der Waals surface area contributed by atoms with Crippen molar-refractivity contribution in [3.63, 3.8) is 0 Å². The minimum atomic E-state index is -4.70. The maximum atomic E-state index is 13.2. The van der Waals surface area contributed by atoms with E-state index in [2.05, 4.69) is 10.3 Å². The van der Waals surface area contributed by atoms with Crippen LogP contribution in [0, 0.1) is 0 Å². The summed E-state index contributed by atoms with van der Waals surface area (Å²) in [7, 11) is -2.53. The number of alkyl halides is 3. The van der Waals surface area contributed by atoms with Crippen molar-refractivity contribution >= 4 is 45.0 Å². The van der Waals surface area contributed by atoms with Gasteiger partial charge < -0.3 is 15.8 Å². The number of ether oxygens (including phenoxy) is 1. The van der Waals surface area contributed by atoms with Gasteiger partial charge >= 0.3 is 12.2 Å². The van der Waals surface area contributed by atoms with E-state index in [0.717, 1.165) is 17.0 Å². The Balaban J connectivity index is 0.000000408. The number of halogens is 4. The van der Waals surface area contributed by atoms with E-state index in [9.17, 15) is 31.2 Å². The zero-order valence-electron chi connectivity index (χ0n) is 21.5. The van der Waals surface area contributed by atoms with Gasteiger partial charge in [-0.2, -0.15) is 21.6 Å². The number of carbonyl (C=O) groups is 2. The number of aromatic nitrogens is 1. The van der Waals surface area contributed by atoms with Gasteiger partial charge in [-0.3, -0.25) is 19.2 Å². The molecule has 0 aliphatic rings. The molecule has 4 aromatic rings. The van der Waals surface area contributed by atoms with Gasteiger partial charge in [0, 0.05) is 19.3 Å². The van der Waals surface area contributed by atoms with E-state index < -0.39 is 32.9 Å². The summed E-state index contributed by atoms with van der Waals surface area (Å²) in [6.45, 7) is 0. The van der Waals surface area contributed by atoms with Crippen molar-refractivity contribution in [2.75, 3.05) is 11.9 Å². The number of benzene rings is 3. The number of urea groups is 1. The van der Waals surface area contributed by atoms with Crippen LogP contribution in [0.3, 0.4) is 0 Å². The van der Waals surface area contributed by atoms with E-state index >= 15 is 0 Å². The van der Waals surface area contributed by atoms with E-state index in [1.54, 1.807) is 24.3 Å². The highest BCUT2D eigenvalue weighted by molar-refractivity contribution is 7.85. The van der Waals surface area contributed by atoms with Crippen LogP contribution in [0.1, 0.15) is 16.1 Å². The highest BCUT2D eigenvalue weighted by atomic mass is 35.5. The number of pyridine rings is 1. The van der Waals surface area contributed by atoms with E-state index in [1.165, 1.54) is 61.8 Å². The molecule has 220 valence electrons. The lowest BCUT2D eigenvalue weighted by Crippen LogP contribution is -2.31. The first-order valence-electron chi connectivity index (χ1n) is 11.7. The third kappa shape index (κ3) is 8.42. The Kier molecular flexibility index (Phi) is 10.1. The molecule has 3 amide bonds. The Hall–Kier alpha value is -4.66. The molecule has 1 heterocycles. The molecule has 0 bridgehead atoms. The summed E-state index contributed by atoms with van der Waals surface area (Å²) in [4.78, 5) is 28.5. The Labute approximate surface area is 243 Å². The third-order valence-electron chi connectivity index (χ3n) is 5.30. The standard InChI is InChI=1S/C21H16ClF3N4O3.C6H6O3S/c1-27-19(30)18-11-15(8-9-28-18)32-14-5-2-12(3-6-14)29(20(26)31)13-4-7-17(22)16(10-13)21(23,24)25;7-10(8,9)6-4-2-1-3-5-6/h2-11H,1H3,(H2,26,31)(H,27,30);1-5H,(H,7,8,9). The Bertz CT molecular complexity index is 1670. The van der Waals surface area contributed by atoms with E-state index in [0.29, 0.717) is 11.5 Å². The van der Waals surface area contributed by atoms with Crippen molar-refractivity contribution in [3.05, 3.63) is 107 Å². The second kappa shape index (κ2) is 13.3. The summed E-state index contributed by atoms with van der Waals surface area (Å²) in [6, 6.07) is 18.3. The molecule has 0 fully saturated rings. The predicted molar refractivity (Wildman–Crippen MR) is 149 cm³/mol. The summed E-state index contributed by atoms with van der Waals surface area (Å²) >= 11 is 5.65. The average Bonchev–Trinajstić information content (AvgIpc) is 2.94. The van der Waals surface area contributed by atoms with Crippen molar-refractivity contribution in [1.29, 1.82) is 0 Å². The Morgan fingerprint density at radius 1 is 0.952 bits per heavy atom. The quantitative estimate of drug-likeness (QED) is 0.221. The molecule has 3 aromatic carbocycles. The highest BCUT2D eigenvalue weighted by Crippen LogP contribution is 2.38. The molecule has 4 N–H and O–H groups in total. The molecule has 0 radical (unpaired) electrons. The summed E-state index contributed by atoms with van der Waals surface area (Å²) in [5, 5.41) is 1.95. The lowest BCUT2D eigenvalue weighted by molar-refractivity contribution is -0.137. The first kappa shape index (κ1) is 31.9. The maximum absolute atomic E-state index is 13.2. The number of hydrogen-bond donors (Lipinski definition) is 3. The molecule has 0 aliphatic carbocycles. The van der Waals surface area contributed by atoms with Gasteiger partial charge in [-0.15, -0.1) is 0 Å². The second-order valence-electron chi connectivity index (χ2n) is 8.18. The number of rotatable bonds is 6. The topological polar surface area (TPSA) is 152 Å². The molecule has 0 atom stereocenters. The van der Waals surface area contributed by atoms with Gasteiger partial charge in [-0.1, -0.05) is 29.8 Å². The smallest absolute Gasteiger partial charge is 0.417 e. The number of amides is 3. The summed E-state index contributed by atoms with van der Waals surface area (Å²) < 4.78 is 74.5. The summed E-state index contributed by atoms with van der Waals surface area (Å²) in [5.41, 5.74) is 4.59. The van der Waals surface area contributed by atoms with Gasteiger partial charge in [0.1, 0.15) is 17.2 Å². The van der Waals surface area contributed by atoms with Crippen molar-refractivity contribution in [3.8, 4) is 11.5 Å². The van der Waals surface area contributed by atoms with Crippen LogP contribution in [-0.4, -0.2) is 36.9 Å². The SMILES string of the molecule is CNC(=O)c1cc(Oc2ccc(N(C(N)=O)c3ccc(Cl)c(C(F)(F)F)c3)cc2)ccn1.O=S(=O)(O)c1ccccc1. The van der Waals surface area contributed by atoms with Crippen molar-refractivity contribution in [2.24, 2.45) is 5.73 Å². The molecule has 0 saturated heterocycles. The zero-order valence-corrected chi connectivity index (χ0v) is 23.1. The van der Waals surface area contributed by atoms with Gasteiger partial charge in [0.05, 0.1) is 26.9 Å². The monoisotopic (exact) mass is 622 g/mol. The molecule has 0 saturated carbocycles. The summed E-state index contributed by atoms with van der Waals surface area (Å²) in [6.07, 6.45) is -3.30. The predicted octanol–water partition coefficient (Wildman–Crippen LogP) is 6.06. The minimum Gasteiger partial charge on any atom is -0.457 e. The largest absolute Gasteiger partial charge is 0.457 e. The number of nitrogens with one attached hydrogen (secondary N) is 1. The Morgan fingerprint density at radius 2 is 1.57 bits per heavy atom. The van der Waals surface area contributed by atoms with Gasteiger partial charge in [0.15, 0.2) is 0 Å². The van der Waals surface area contributed by atoms with Gasteiger partial charge in [-0.25, -0.2) is 4.79 Å². The van der Waals surface area contributed by atoms with Crippen LogP contribution in [-0.2, 0) is 16.3 Å². The van der Waals surface area contributed by atoms with Crippen molar-refractivity contribution in [2.45, 2.75) is 11.1 Å². The van der Waals surface area contributed by atoms with Crippen molar-refractivity contribution < 1.29 is 40.5 Å². The van der Waals surface area contributed by atoms with E-state index in [-0.39, 0.29) is 27.9 Å². The molecule has 0 spiro atoms. The minimum absolute atomic E-state index is 0.0741. The molecule has 15 heteroatoms. The second-order valence-corrected chi connectivity index (χ2v) is 10.0. The number of carbonyl (C=O) groups excluding carboxylic acids is 2. The fraction of sp³-hybridized carbons (Fsp3) is 0.0741. The molecular weight excluding hydrogens is 601 g/mol. The lowest BCUT2D eigenvalue weighted by Gasteiger charge is -2.22. The molecule has 42 heavy (non-hydrogen) atoms. The van der Waals surface area contributed by atoms with Crippen LogP contribution in [0.25, 0.3) is 0 Å². The first-order chi connectivity index (χ1) is 19.7. The fourth-order valence-corrected chi connectivity index (χ4v) is 4.12. The zero-order chi connectivity index (χ0) is 31.1. The third-order valence-corrected chi connectivity index (χ3v) is 6.49. The maximum Gasteiger partial charge on any atom is 0.417 e. The number of anilines is 2. The normalized spacial score (nSPS) is 11.1. The molecule has 0 aliphatic heterocycles. The Morgan fingerprint density at radius 3 is 2.10 bits per heavy atom. The summed E-state index contributed by atoms with van der Waals surface area (Å²) in [5.74, 6) is 0.300. The van der Waals surface area contributed by atoms with Crippen LogP contribution in [0.5, 0.6) is 11.5 Å². The first-order valence-corrected chi connectivity index (χ1v) is 13.5. The molecule has 4 rings (SSSR count). The fourth-order valence-electron chi connectivity index (χ4n) is 3.39. The molecule has 10 nitrogen and oxygen atoms in total. The van der Waals surface area contributed by atoms with Crippen LogP contribution < -0.4 is 20.7 Å². The van der Waals surface area contributed by atoms with E-state index in [4.69, 9.17) is 26.6 Å². The average molecular weight is 623 g/mol. The number of nitrogens with zero attached hydrogens (tertiary/aromatic N) is 2. The molecular formula is C27H22ClF3N4O6S. The lowest BCUT2D eigenvalue weighted by atomic mass is 10.1. The van der Waals surface area contributed by atoms with Gasteiger partial charge in [0.25, 0.3) is 16.0 Å².